The molecule has 1 heterocycles. The van der Waals surface area contributed by atoms with Gasteiger partial charge in [0.1, 0.15) is 0 Å². The van der Waals surface area contributed by atoms with Crippen LogP contribution in [0.25, 0.3) is 0 Å². The average molecular weight is 204 g/mol. The molecule has 78 valence electrons. The van der Waals surface area contributed by atoms with Crippen LogP contribution in [0.2, 0.25) is 0 Å². The summed E-state index contributed by atoms with van der Waals surface area (Å²) in [5.41, 5.74) is 1.07. The summed E-state index contributed by atoms with van der Waals surface area (Å²) in [6, 6.07) is 9.80. The van der Waals surface area contributed by atoms with E-state index in [1.54, 1.807) is 6.08 Å². The molecule has 0 fully saturated rings. The molecule has 0 amide bonds. The summed E-state index contributed by atoms with van der Waals surface area (Å²) in [5, 5.41) is 0. The second-order valence-corrected chi connectivity index (χ2v) is 3.30. The molecule has 0 aromatic heterocycles. The fourth-order valence-corrected chi connectivity index (χ4v) is 1.36. The van der Waals surface area contributed by atoms with E-state index in [1.807, 2.05) is 30.3 Å². The Morgan fingerprint density at radius 2 is 2.13 bits per heavy atom. The summed E-state index contributed by atoms with van der Waals surface area (Å²) in [6.07, 6.45) is 3.37. The van der Waals surface area contributed by atoms with Crippen molar-refractivity contribution in [1.82, 2.24) is 0 Å². The van der Waals surface area contributed by atoms with Crippen molar-refractivity contribution in [3.05, 3.63) is 48.0 Å². The predicted octanol–water partition coefficient (Wildman–Crippen LogP) is 2.03. The first-order valence-electron chi connectivity index (χ1n) is 4.87. The molecule has 0 aliphatic carbocycles. The van der Waals surface area contributed by atoms with E-state index in [9.17, 15) is 4.79 Å². The van der Waals surface area contributed by atoms with Gasteiger partial charge in [0.05, 0.1) is 6.61 Å². The van der Waals surface area contributed by atoms with Crippen LogP contribution in [0, 0.1) is 0 Å². The first-order valence-corrected chi connectivity index (χ1v) is 4.87. The van der Waals surface area contributed by atoms with E-state index in [4.69, 9.17) is 9.47 Å². The van der Waals surface area contributed by atoms with Gasteiger partial charge in [-0.3, -0.25) is 0 Å². The van der Waals surface area contributed by atoms with Crippen LogP contribution in [-0.2, 0) is 20.9 Å². The smallest absolute Gasteiger partial charge is 0.332 e. The van der Waals surface area contributed by atoms with Gasteiger partial charge in [-0.25, -0.2) is 4.79 Å². The zero-order valence-corrected chi connectivity index (χ0v) is 8.26. The lowest BCUT2D eigenvalue weighted by Gasteiger charge is -2.18. The number of benzene rings is 1. The van der Waals surface area contributed by atoms with E-state index in [1.165, 1.54) is 6.08 Å². The molecular formula is C12H12O3. The standard InChI is InChI=1S/C12H12O3/c13-11-7-4-8-12(15-11)14-9-10-5-2-1-3-6-10/h1-7,12H,8-9H2/t12-/m0/s1. The van der Waals surface area contributed by atoms with E-state index in [0.29, 0.717) is 13.0 Å². The maximum Gasteiger partial charge on any atom is 0.332 e. The number of rotatable bonds is 3. The molecule has 1 aromatic carbocycles. The second kappa shape index (κ2) is 4.75. The van der Waals surface area contributed by atoms with Gasteiger partial charge in [-0.1, -0.05) is 36.4 Å². The molecule has 0 unspecified atom stereocenters. The second-order valence-electron chi connectivity index (χ2n) is 3.30. The summed E-state index contributed by atoms with van der Waals surface area (Å²) < 4.78 is 10.4. The maximum absolute atomic E-state index is 10.9. The summed E-state index contributed by atoms with van der Waals surface area (Å²) in [7, 11) is 0. The van der Waals surface area contributed by atoms with Crippen molar-refractivity contribution in [3.63, 3.8) is 0 Å². The monoisotopic (exact) mass is 204 g/mol. The van der Waals surface area contributed by atoms with Gasteiger partial charge < -0.3 is 9.47 Å². The number of carbonyl (C=O) groups is 1. The van der Waals surface area contributed by atoms with Gasteiger partial charge in [0.25, 0.3) is 0 Å². The minimum atomic E-state index is -0.442. The highest BCUT2D eigenvalue weighted by Crippen LogP contribution is 2.11. The van der Waals surface area contributed by atoms with Crippen LogP contribution in [0.15, 0.2) is 42.5 Å². The van der Waals surface area contributed by atoms with Gasteiger partial charge in [0, 0.05) is 12.5 Å². The summed E-state index contributed by atoms with van der Waals surface area (Å²) in [4.78, 5) is 10.9. The van der Waals surface area contributed by atoms with Crippen LogP contribution < -0.4 is 0 Å². The fraction of sp³-hybridized carbons (Fsp3) is 0.250. The Morgan fingerprint density at radius 1 is 1.33 bits per heavy atom. The zero-order valence-electron chi connectivity index (χ0n) is 8.26. The Balaban J connectivity index is 1.84. The number of esters is 1. The predicted molar refractivity (Wildman–Crippen MR) is 54.9 cm³/mol. The first kappa shape index (κ1) is 9.93. The lowest BCUT2D eigenvalue weighted by molar-refractivity contribution is -0.177. The highest BCUT2D eigenvalue weighted by molar-refractivity contribution is 5.82. The van der Waals surface area contributed by atoms with Gasteiger partial charge in [-0.2, -0.15) is 0 Å². The number of ether oxygens (including phenoxy) is 2. The number of hydrogen-bond donors (Lipinski definition) is 0. The molecular weight excluding hydrogens is 192 g/mol. The third kappa shape index (κ3) is 2.92. The molecule has 1 atom stereocenters. The minimum absolute atomic E-state index is 0.334. The molecule has 15 heavy (non-hydrogen) atoms. The maximum atomic E-state index is 10.9. The van der Waals surface area contributed by atoms with Crippen molar-refractivity contribution >= 4 is 5.97 Å². The van der Waals surface area contributed by atoms with Gasteiger partial charge in [-0.15, -0.1) is 0 Å². The lowest BCUT2D eigenvalue weighted by atomic mass is 10.2. The lowest BCUT2D eigenvalue weighted by Crippen LogP contribution is -2.22. The Morgan fingerprint density at radius 3 is 2.87 bits per heavy atom. The molecule has 0 radical (unpaired) electrons. The van der Waals surface area contributed by atoms with E-state index < -0.39 is 6.29 Å². The largest absolute Gasteiger partial charge is 0.432 e. The van der Waals surface area contributed by atoms with Crippen LogP contribution in [-0.4, -0.2) is 12.3 Å². The normalized spacial score (nSPS) is 20.0. The summed E-state index contributed by atoms with van der Waals surface area (Å²) in [5.74, 6) is -0.334. The summed E-state index contributed by atoms with van der Waals surface area (Å²) in [6.45, 7) is 0.465. The Kier molecular flexibility index (Phi) is 3.15. The quantitative estimate of drug-likeness (QED) is 0.707. The van der Waals surface area contributed by atoms with Gasteiger partial charge >= 0.3 is 5.97 Å². The van der Waals surface area contributed by atoms with Crippen molar-refractivity contribution in [2.45, 2.75) is 19.3 Å². The molecule has 0 saturated carbocycles. The molecule has 1 aliphatic heterocycles. The Hall–Kier alpha value is -1.61. The van der Waals surface area contributed by atoms with Crippen molar-refractivity contribution in [2.24, 2.45) is 0 Å². The SMILES string of the molecule is O=C1C=CC[C@@H](OCc2ccccc2)O1. The molecule has 1 aliphatic rings. The van der Waals surface area contributed by atoms with E-state index in [2.05, 4.69) is 0 Å². The molecule has 0 saturated heterocycles. The fourth-order valence-electron chi connectivity index (χ4n) is 1.36. The molecule has 3 heteroatoms. The van der Waals surface area contributed by atoms with E-state index in [0.717, 1.165) is 5.56 Å². The third-order valence-electron chi connectivity index (χ3n) is 2.11. The Bertz CT molecular complexity index is 356. The molecule has 1 aromatic rings. The first-order chi connectivity index (χ1) is 7.34. The number of hydrogen-bond acceptors (Lipinski definition) is 3. The van der Waals surface area contributed by atoms with Crippen molar-refractivity contribution in [3.8, 4) is 0 Å². The topological polar surface area (TPSA) is 35.5 Å². The molecule has 0 N–H and O–H groups in total. The van der Waals surface area contributed by atoms with Crippen molar-refractivity contribution in [1.29, 1.82) is 0 Å². The van der Waals surface area contributed by atoms with E-state index >= 15 is 0 Å². The minimum Gasteiger partial charge on any atom is -0.432 e. The molecule has 2 rings (SSSR count). The molecule has 0 spiro atoms. The highest BCUT2D eigenvalue weighted by Gasteiger charge is 2.15. The van der Waals surface area contributed by atoms with Gasteiger partial charge in [0.15, 0.2) is 0 Å². The van der Waals surface area contributed by atoms with E-state index in [-0.39, 0.29) is 5.97 Å². The average Bonchev–Trinajstić information content (AvgIpc) is 2.28. The van der Waals surface area contributed by atoms with Crippen LogP contribution in [0.5, 0.6) is 0 Å². The number of carbonyl (C=O) groups excluding carboxylic acids is 1. The number of cyclic esters (lactones) is 1. The van der Waals surface area contributed by atoms with Crippen LogP contribution in [0.1, 0.15) is 12.0 Å². The Labute approximate surface area is 88.3 Å². The van der Waals surface area contributed by atoms with Gasteiger partial charge in [0.2, 0.25) is 6.29 Å². The van der Waals surface area contributed by atoms with Crippen LogP contribution in [0.3, 0.4) is 0 Å². The van der Waals surface area contributed by atoms with Gasteiger partial charge in [-0.05, 0) is 5.56 Å². The third-order valence-corrected chi connectivity index (χ3v) is 2.11. The highest BCUT2D eigenvalue weighted by atomic mass is 16.7. The molecule has 3 nitrogen and oxygen atoms in total. The van der Waals surface area contributed by atoms with Crippen molar-refractivity contribution < 1.29 is 14.3 Å². The summed E-state index contributed by atoms with van der Waals surface area (Å²) >= 11 is 0. The molecule has 0 bridgehead atoms. The zero-order chi connectivity index (χ0) is 10.5. The van der Waals surface area contributed by atoms with Crippen LogP contribution >= 0.6 is 0 Å². The van der Waals surface area contributed by atoms with Crippen LogP contribution in [0.4, 0.5) is 0 Å². The van der Waals surface area contributed by atoms with Crippen molar-refractivity contribution in [2.75, 3.05) is 0 Å².